The topological polar surface area (TPSA) is 65.7 Å². The average Bonchev–Trinajstić information content (AvgIpc) is 2.94. The summed E-state index contributed by atoms with van der Waals surface area (Å²) >= 11 is 0. The van der Waals surface area contributed by atoms with Crippen molar-refractivity contribution >= 4 is 0 Å². The molecule has 0 aliphatic carbocycles. The lowest BCUT2D eigenvalue weighted by atomic mass is 10.2. The molecule has 2 heterocycles. The van der Waals surface area contributed by atoms with Crippen LogP contribution in [0.2, 0.25) is 0 Å². The third kappa shape index (κ3) is 3.22. The SMILES string of the molecule is Cc1cccc(-n2cc(COc3nccc(C)n3)nn2)c1. The third-order valence-electron chi connectivity index (χ3n) is 2.93. The zero-order valence-corrected chi connectivity index (χ0v) is 11.9. The van der Waals surface area contributed by atoms with E-state index in [2.05, 4.69) is 20.3 Å². The summed E-state index contributed by atoms with van der Waals surface area (Å²) < 4.78 is 7.23. The first-order valence-corrected chi connectivity index (χ1v) is 6.61. The molecule has 0 saturated heterocycles. The third-order valence-corrected chi connectivity index (χ3v) is 2.93. The highest BCUT2D eigenvalue weighted by atomic mass is 16.5. The predicted molar refractivity (Wildman–Crippen MR) is 77.2 cm³/mol. The number of benzene rings is 1. The minimum atomic E-state index is 0.287. The normalized spacial score (nSPS) is 10.6. The summed E-state index contributed by atoms with van der Waals surface area (Å²) in [6.45, 7) is 4.22. The molecule has 0 aliphatic heterocycles. The minimum Gasteiger partial charge on any atom is -0.457 e. The molecule has 0 fully saturated rings. The van der Waals surface area contributed by atoms with Crippen molar-refractivity contribution in [3.63, 3.8) is 0 Å². The van der Waals surface area contributed by atoms with Gasteiger partial charge in [-0.3, -0.25) is 0 Å². The molecular weight excluding hydrogens is 266 g/mol. The van der Waals surface area contributed by atoms with Crippen molar-refractivity contribution in [1.82, 2.24) is 25.0 Å². The van der Waals surface area contributed by atoms with Crippen LogP contribution in [-0.2, 0) is 6.61 Å². The van der Waals surface area contributed by atoms with E-state index in [4.69, 9.17) is 4.74 Å². The Bertz CT molecular complexity index is 753. The van der Waals surface area contributed by atoms with Gasteiger partial charge in [-0.25, -0.2) is 14.6 Å². The van der Waals surface area contributed by atoms with E-state index in [1.807, 2.05) is 50.4 Å². The van der Waals surface area contributed by atoms with Crippen LogP contribution in [0.5, 0.6) is 6.01 Å². The van der Waals surface area contributed by atoms with Crippen LogP contribution in [0.3, 0.4) is 0 Å². The fraction of sp³-hybridized carbons (Fsp3) is 0.200. The van der Waals surface area contributed by atoms with Gasteiger partial charge < -0.3 is 4.74 Å². The van der Waals surface area contributed by atoms with Crippen molar-refractivity contribution in [2.45, 2.75) is 20.5 Å². The second kappa shape index (κ2) is 5.70. The first-order chi connectivity index (χ1) is 10.2. The van der Waals surface area contributed by atoms with Crippen molar-refractivity contribution in [2.24, 2.45) is 0 Å². The molecule has 106 valence electrons. The molecule has 0 amide bonds. The van der Waals surface area contributed by atoms with Gasteiger partial charge in [0, 0.05) is 11.9 Å². The molecule has 0 unspecified atom stereocenters. The van der Waals surface area contributed by atoms with Gasteiger partial charge >= 0.3 is 6.01 Å². The van der Waals surface area contributed by atoms with Gasteiger partial charge in [-0.05, 0) is 37.6 Å². The Hall–Kier alpha value is -2.76. The summed E-state index contributed by atoms with van der Waals surface area (Å²) in [5.74, 6) is 0. The van der Waals surface area contributed by atoms with Gasteiger partial charge in [0.25, 0.3) is 0 Å². The van der Waals surface area contributed by atoms with E-state index >= 15 is 0 Å². The Balaban J connectivity index is 1.71. The summed E-state index contributed by atoms with van der Waals surface area (Å²) in [6, 6.07) is 10.2. The molecular formula is C15H15N5O. The van der Waals surface area contributed by atoms with Crippen LogP contribution in [-0.4, -0.2) is 25.0 Å². The highest BCUT2D eigenvalue weighted by molar-refractivity contribution is 5.34. The number of rotatable bonds is 4. The summed E-state index contributed by atoms with van der Waals surface area (Å²) in [5.41, 5.74) is 3.74. The molecule has 1 aromatic carbocycles. The summed E-state index contributed by atoms with van der Waals surface area (Å²) in [6.07, 6.45) is 3.51. The second-order valence-corrected chi connectivity index (χ2v) is 4.76. The molecule has 6 heteroatoms. The molecule has 3 aromatic rings. The monoisotopic (exact) mass is 281 g/mol. The Morgan fingerprint density at radius 1 is 1.19 bits per heavy atom. The highest BCUT2D eigenvalue weighted by Gasteiger charge is 2.05. The van der Waals surface area contributed by atoms with Gasteiger partial charge in [-0.1, -0.05) is 17.3 Å². The van der Waals surface area contributed by atoms with Crippen LogP contribution in [0.4, 0.5) is 0 Å². The van der Waals surface area contributed by atoms with E-state index in [9.17, 15) is 0 Å². The number of ether oxygens (including phenoxy) is 1. The maximum absolute atomic E-state index is 5.51. The standard InChI is InChI=1S/C15H15N5O/c1-11-4-3-5-14(8-11)20-9-13(18-19-20)10-21-15-16-7-6-12(2)17-15/h3-9H,10H2,1-2H3. The molecule has 3 rings (SSSR count). The molecule has 2 aromatic heterocycles. The molecule has 0 spiro atoms. The Morgan fingerprint density at radius 3 is 2.90 bits per heavy atom. The number of aryl methyl sites for hydroxylation is 2. The smallest absolute Gasteiger partial charge is 0.316 e. The van der Waals surface area contributed by atoms with Gasteiger partial charge in [-0.2, -0.15) is 0 Å². The molecule has 0 radical (unpaired) electrons. The van der Waals surface area contributed by atoms with E-state index in [0.717, 1.165) is 17.1 Å². The minimum absolute atomic E-state index is 0.287. The first kappa shape index (κ1) is 13.2. The van der Waals surface area contributed by atoms with Crippen molar-refractivity contribution < 1.29 is 4.74 Å². The van der Waals surface area contributed by atoms with Crippen LogP contribution >= 0.6 is 0 Å². The van der Waals surface area contributed by atoms with Crippen molar-refractivity contribution in [1.29, 1.82) is 0 Å². The van der Waals surface area contributed by atoms with E-state index in [-0.39, 0.29) is 6.61 Å². The molecule has 0 aliphatic rings. The van der Waals surface area contributed by atoms with Gasteiger partial charge in [-0.15, -0.1) is 5.10 Å². The Labute approximate surface area is 122 Å². The number of nitrogens with zero attached hydrogens (tertiary/aromatic N) is 5. The molecule has 0 atom stereocenters. The number of aromatic nitrogens is 5. The van der Waals surface area contributed by atoms with Gasteiger partial charge in [0.1, 0.15) is 12.3 Å². The van der Waals surface area contributed by atoms with Crippen molar-refractivity contribution in [2.75, 3.05) is 0 Å². The van der Waals surface area contributed by atoms with E-state index in [0.29, 0.717) is 6.01 Å². The summed E-state index contributed by atoms with van der Waals surface area (Å²) in [4.78, 5) is 8.22. The molecule has 0 bridgehead atoms. The summed E-state index contributed by atoms with van der Waals surface area (Å²) in [5, 5.41) is 8.20. The van der Waals surface area contributed by atoms with Gasteiger partial charge in [0.2, 0.25) is 0 Å². The lowest BCUT2D eigenvalue weighted by molar-refractivity contribution is 0.275. The van der Waals surface area contributed by atoms with E-state index in [1.165, 1.54) is 5.56 Å². The maximum Gasteiger partial charge on any atom is 0.316 e. The Kier molecular flexibility index (Phi) is 3.59. The van der Waals surface area contributed by atoms with Crippen LogP contribution in [0.25, 0.3) is 5.69 Å². The highest BCUT2D eigenvalue weighted by Crippen LogP contribution is 2.10. The predicted octanol–water partition coefficient (Wildman–Crippen LogP) is 2.25. The van der Waals surface area contributed by atoms with E-state index < -0.39 is 0 Å². The molecule has 6 nitrogen and oxygen atoms in total. The van der Waals surface area contributed by atoms with Crippen LogP contribution in [0.1, 0.15) is 17.0 Å². The Morgan fingerprint density at radius 2 is 2.10 bits per heavy atom. The fourth-order valence-corrected chi connectivity index (χ4v) is 1.90. The van der Waals surface area contributed by atoms with Crippen molar-refractivity contribution in [3.05, 3.63) is 59.7 Å². The average molecular weight is 281 g/mol. The molecule has 0 N–H and O–H groups in total. The van der Waals surface area contributed by atoms with Crippen molar-refractivity contribution in [3.8, 4) is 11.7 Å². The maximum atomic E-state index is 5.51. The lowest BCUT2D eigenvalue weighted by Gasteiger charge is -2.02. The second-order valence-electron chi connectivity index (χ2n) is 4.76. The van der Waals surface area contributed by atoms with E-state index in [1.54, 1.807) is 10.9 Å². The van der Waals surface area contributed by atoms with Crippen LogP contribution in [0, 0.1) is 13.8 Å². The van der Waals surface area contributed by atoms with Gasteiger partial charge in [0.05, 0.1) is 11.9 Å². The van der Waals surface area contributed by atoms with Gasteiger partial charge in [0.15, 0.2) is 0 Å². The largest absolute Gasteiger partial charge is 0.457 e. The lowest BCUT2D eigenvalue weighted by Crippen LogP contribution is -2.00. The zero-order chi connectivity index (χ0) is 14.7. The fourth-order valence-electron chi connectivity index (χ4n) is 1.90. The molecule has 21 heavy (non-hydrogen) atoms. The summed E-state index contributed by atoms with van der Waals surface area (Å²) in [7, 11) is 0. The first-order valence-electron chi connectivity index (χ1n) is 6.61. The quantitative estimate of drug-likeness (QED) is 0.734. The zero-order valence-electron chi connectivity index (χ0n) is 11.9. The molecule has 0 saturated carbocycles. The number of hydrogen-bond acceptors (Lipinski definition) is 5. The van der Waals surface area contributed by atoms with Crippen LogP contribution < -0.4 is 4.74 Å². The number of hydrogen-bond donors (Lipinski definition) is 0. The van der Waals surface area contributed by atoms with Crippen LogP contribution in [0.15, 0.2) is 42.7 Å².